The van der Waals surface area contributed by atoms with Crippen molar-refractivity contribution in [2.45, 2.75) is 51.0 Å². The van der Waals surface area contributed by atoms with Crippen LogP contribution in [0.5, 0.6) is 11.5 Å². The van der Waals surface area contributed by atoms with E-state index in [1.54, 1.807) is 14.2 Å². The Bertz CT molecular complexity index is 649. The molecular weight excluding hydrogens is 322 g/mol. The number of nitrogens with two attached hydrogens (primary N) is 1. The van der Waals surface area contributed by atoms with Gasteiger partial charge in [-0.25, -0.2) is 0 Å². The smallest absolute Gasteiger partial charge is 0.183 e. The summed E-state index contributed by atoms with van der Waals surface area (Å²) in [5.74, 6) is 0.348. The van der Waals surface area contributed by atoms with Gasteiger partial charge in [-0.15, -0.1) is 0 Å². The van der Waals surface area contributed by atoms with Crippen LogP contribution in [0.2, 0.25) is 0 Å². The third-order valence-corrected chi connectivity index (χ3v) is 5.48. The van der Waals surface area contributed by atoms with E-state index in [2.05, 4.69) is 13.8 Å². The first kappa shape index (κ1) is 18.5. The SMILES string of the molecule is COc1ccc(OC)c2c1CC(N)(C1(C)OCC(C)(C)CO1)CC2O. The monoisotopic (exact) mass is 351 g/mol. The molecule has 0 amide bonds. The van der Waals surface area contributed by atoms with Crippen molar-refractivity contribution in [1.82, 2.24) is 0 Å². The highest BCUT2D eigenvalue weighted by atomic mass is 16.7. The highest BCUT2D eigenvalue weighted by Gasteiger charge is 2.55. The third kappa shape index (κ3) is 3.01. The average molecular weight is 351 g/mol. The van der Waals surface area contributed by atoms with E-state index in [0.29, 0.717) is 37.6 Å². The first-order valence-electron chi connectivity index (χ1n) is 8.63. The van der Waals surface area contributed by atoms with Gasteiger partial charge in [-0.2, -0.15) is 0 Å². The maximum absolute atomic E-state index is 10.8. The van der Waals surface area contributed by atoms with Gasteiger partial charge in [0.15, 0.2) is 5.79 Å². The number of methoxy groups -OCH3 is 2. The lowest BCUT2D eigenvalue weighted by Gasteiger charge is -2.53. The molecule has 1 aromatic rings. The molecule has 0 spiro atoms. The second kappa shape index (κ2) is 6.13. The molecule has 2 atom stereocenters. The molecule has 0 saturated carbocycles. The quantitative estimate of drug-likeness (QED) is 0.868. The van der Waals surface area contributed by atoms with Crippen molar-refractivity contribution >= 4 is 0 Å². The highest BCUT2D eigenvalue weighted by molar-refractivity contribution is 5.52. The number of aliphatic hydroxyl groups is 1. The van der Waals surface area contributed by atoms with Crippen LogP contribution in [0, 0.1) is 5.41 Å². The Balaban J connectivity index is 2.00. The van der Waals surface area contributed by atoms with Gasteiger partial charge >= 0.3 is 0 Å². The first-order chi connectivity index (χ1) is 11.6. The lowest BCUT2D eigenvalue weighted by atomic mass is 9.71. The first-order valence-corrected chi connectivity index (χ1v) is 8.63. The van der Waals surface area contributed by atoms with E-state index in [4.69, 9.17) is 24.7 Å². The zero-order chi connectivity index (χ0) is 18.5. The molecule has 1 fully saturated rings. The van der Waals surface area contributed by atoms with Crippen molar-refractivity contribution in [3.63, 3.8) is 0 Å². The molecule has 2 unspecified atom stereocenters. The topological polar surface area (TPSA) is 83.2 Å². The Morgan fingerprint density at radius 2 is 1.64 bits per heavy atom. The predicted molar refractivity (Wildman–Crippen MR) is 93.8 cm³/mol. The summed E-state index contributed by atoms with van der Waals surface area (Å²) < 4.78 is 23.1. The van der Waals surface area contributed by atoms with Gasteiger partial charge in [0.25, 0.3) is 0 Å². The molecule has 0 aromatic heterocycles. The van der Waals surface area contributed by atoms with Gasteiger partial charge in [0.05, 0.1) is 39.1 Å². The Labute approximate surface area is 149 Å². The van der Waals surface area contributed by atoms with E-state index in [-0.39, 0.29) is 5.41 Å². The van der Waals surface area contributed by atoms with Crippen molar-refractivity contribution in [2.24, 2.45) is 11.1 Å². The van der Waals surface area contributed by atoms with Crippen molar-refractivity contribution in [1.29, 1.82) is 0 Å². The Hall–Kier alpha value is -1.34. The van der Waals surface area contributed by atoms with E-state index in [1.807, 2.05) is 19.1 Å². The van der Waals surface area contributed by atoms with E-state index >= 15 is 0 Å². The number of aliphatic hydroxyl groups excluding tert-OH is 1. The molecule has 140 valence electrons. The maximum Gasteiger partial charge on any atom is 0.183 e. The van der Waals surface area contributed by atoms with Crippen molar-refractivity contribution in [2.75, 3.05) is 27.4 Å². The van der Waals surface area contributed by atoms with Gasteiger partial charge in [-0.1, -0.05) is 13.8 Å². The van der Waals surface area contributed by atoms with Gasteiger partial charge < -0.3 is 29.8 Å². The van der Waals surface area contributed by atoms with Crippen LogP contribution in [-0.4, -0.2) is 43.9 Å². The fourth-order valence-corrected chi connectivity index (χ4v) is 3.76. The molecule has 1 aliphatic carbocycles. The number of ether oxygens (including phenoxy) is 4. The van der Waals surface area contributed by atoms with Crippen LogP contribution in [-0.2, 0) is 15.9 Å². The summed E-state index contributed by atoms with van der Waals surface area (Å²) in [6.07, 6.45) is 0.00899. The second-order valence-corrected chi connectivity index (χ2v) is 8.10. The van der Waals surface area contributed by atoms with Gasteiger partial charge in [-0.3, -0.25) is 0 Å². The summed E-state index contributed by atoms with van der Waals surface area (Å²) >= 11 is 0. The zero-order valence-corrected chi connectivity index (χ0v) is 15.7. The molecule has 6 nitrogen and oxygen atoms in total. The van der Waals surface area contributed by atoms with Crippen LogP contribution < -0.4 is 15.2 Å². The Kier molecular flexibility index (Phi) is 4.52. The lowest BCUT2D eigenvalue weighted by Crippen LogP contribution is -2.67. The van der Waals surface area contributed by atoms with Crippen LogP contribution in [0.25, 0.3) is 0 Å². The summed E-state index contributed by atoms with van der Waals surface area (Å²) in [5, 5.41) is 10.8. The highest BCUT2D eigenvalue weighted by Crippen LogP contribution is 2.49. The molecule has 0 radical (unpaired) electrons. The zero-order valence-electron chi connectivity index (χ0n) is 15.7. The second-order valence-electron chi connectivity index (χ2n) is 8.10. The van der Waals surface area contributed by atoms with Crippen molar-refractivity contribution in [3.05, 3.63) is 23.3 Å². The molecule has 1 aromatic carbocycles. The van der Waals surface area contributed by atoms with E-state index in [1.165, 1.54) is 0 Å². The van der Waals surface area contributed by atoms with Gasteiger partial charge in [-0.05, 0) is 25.5 Å². The molecule has 1 saturated heterocycles. The van der Waals surface area contributed by atoms with Gasteiger partial charge in [0.1, 0.15) is 11.5 Å². The predicted octanol–water partition coefficient (Wildman–Crippen LogP) is 2.17. The molecule has 2 aliphatic rings. The fourth-order valence-electron chi connectivity index (χ4n) is 3.76. The summed E-state index contributed by atoms with van der Waals surface area (Å²) in [7, 11) is 3.20. The molecule has 1 aliphatic heterocycles. The molecule has 3 N–H and O–H groups in total. The maximum atomic E-state index is 10.8. The minimum Gasteiger partial charge on any atom is -0.496 e. The van der Waals surface area contributed by atoms with Crippen molar-refractivity contribution in [3.8, 4) is 11.5 Å². The van der Waals surface area contributed by atoms with Crippen LogP contribution in [0.15, 0.2) is 12.1 Å². The van der Waals surface area contributed by atoms with Crippen LogP contribution in [0.4, 0.5) is 0 Å². The lowest BCUT2D eigenvalue weighted by molar-refractivity contribution is -0.321. The summed E-state index contributed by atoms with van der Waals surface area (Å²) in [5.41, 5.74) is 7.42. The normalized spacial score (nSPS) is 30.4. The summed E-state index contributed by atoms with van der Waals surface area (Å²) in [6.45, 7) is 7.16. The molecule has 0 bridgehead atoms. The minimum atomic E-state index is -0.977. The third-order valence-electron chi connectivity index (χ3n) is 5.48. The summed E-state index contributed by atoms with van der Waals surface area (Å²) in [4.78, 5) is 0. The Morgan fingerprint density at radius 3 is 2.20 bits per heavy atom. The van der Waals surface area contributed by atoms with Crippen molar-refractivity contribution < 1.29 is 24.1 Å². The number of benzene rings is 1. The molecular formula is C19H29NO5. The van der Waals surface area contributed by atoms with Crippen LogP contribution in [0.1, 0.15) is 44.4 Å². The van der Waals surface area contributed by atoms with Gasteiger partial charge in [0.2, 0.25) is 0 Å². The van der Waals surface area contributed by atoms with Crippen LogP contribution >= 0.6 is 0 Å². The fraction of sp³-hybridized carbons (Fsp3) is 0.684. The van der Waals surface area contributed by atoms with Gasteiger partial charge in [0, 0.05) is 23.0 Å². The number of fused-ring (bicyclic) bond motifs is 1. The number of hydrogen-bond acceptors (Lipinski definition) is 6. The molecule has 25 heavy (non-hydrogen) atoms. The minimum absolute atomic E-state index is 0.0536. The van der Waals surface area contributed by atoms with Crippen LogP contribution in [0.3, 0.4) is 0 Å². The van der Waals surface area contributed by atoms with E-state index in [9.17, 15) is 5.11 Å². The van der Waals surface area contributed by atoms with E-state index < -0.39 is 17.4 Å². The van der Waals surface area contributed by atoms with E-state index in [0.717, 1.165) is 11.1 Å². The number of hydrogen-bond donors (Lipinski definition) is 2. The molecule has 6 heteroatoms. The summed E-state index contributed by atoms with van der Waals surface area (Å²) in [6, 6.07) is 3.65. The molecule has 3 rings (SSSR count). The standard InChI is InChI=1S/C19H29NO5/c1-17(2)10-24-18(3,25-11-17)19(20)8-12-14(22-4)6-7-15(23-5)16(12)13(21)9-19/h6-7,13,21H,8-11,20H2,1-5H3. The largest absolute Gasteiger partial charge is 0.496 e. The average Bonchev–Trinajstić information content (AvgIpc) is 2.56. The molecule has 1 heterocycles. The number of rotatable bonds is 3. The Morgan fingerprint density at radius 1 is 1.08 bits per heavy atom.